The second kappa shape index (κ2) is 28.9. The highest BCUT2D eigenvalue weighted by molar-refractivity contribution is 6.04. The molecule has 0 aromatic heterocycles. The molecule has 5 heterocycles. The molecule has 0 saturated carbocycles. The lowest BCUT2D eigenvalue weighted by molar-refractivity contribution is -0.147. The summed E-state index contributed by atoms with van der Waals surface area (Å²) in [5.74, 6) is -7.07. The number of nitrogens with one attached hydrogen (secondary N) is 2. The summed E-state index contributed by atoms with van der Waals surface area (Å²) in [5, 5.41) is 5.23. The fourth-order valence-electron chi connectivity index (χ4n) is 13.2. The molecule has 2 N–H and O–H groups in total. The first-order valence-electron chi connectivity index (χ1n) is 32.1. The number of hydrogen-bond acceptors (Lipinski definition) is 14. The van der Waals surface area contributed by atoms with Gasteiger partial charge in [-0.15, -0.1) is 0 Å². The quantitative estimate of drug-likeness (QED) is 0.0900. The molecule has 3 saturated heterocycles. The molecule has 0 aliphatic carbocycles. The topological polar surface area (TPSA) is 217 Å². The molecular formula is C70H89F3N8O12. The molecule has 20 nitrogen and oxygen atoms in total. The second-order valence-corrected chi connectivity index (χ2v) is 27.8. The molecule has 502 valence electrons. The van der Waals surface area contributed by atoms with Crippen LogP contribution < -0.4 is 15.5 Å². The minimum atomic E-state index is -1.49. The highest BCUT2D eigenvalue weighted by atomic mass is 19.1. The third-order valence-corrected chi connectivity index (χ3v) is 18.5. The van der Waals surface area contributed by atoms with Gasteiger partial charge in [-0.05, 0) is 158 Å². The number of anilines is 2. The summed E-state index contributed by atoms with van der Waals surface area (Å²) >= 11 is 0. The van der Waals surface area contributed by atoms with Crippen LogP contribution >= 0.6 is 0 Å². The average molecular weight is 1290 g/mol. The molecule has 93 heavy (non-hydrogen) atoms. The van der Waals surface area contributed by atoms with Crippen molar-refractivity contribution in [3.8, 4) is 0 Å². The molecule has 1 unspecified atom stereocenters. The number of carbonyl (C=O) groups excluding carboxylic acids is 8. The minimum absolute atomic E-state index is 0.0480. The van der Waals surface area contributed by atoms with Crippen LogP contribution in [0.3, 0.4) is 0 Å². The van der Waals surface area contributed by atoms with Crippen molar-refractivity contribution in [3.63, 3.8) is 0 Å². The van der Waals surface area contributed by atoms with Gasteiger partial charge in [0.25, 0.3) is 5.91 Å². The largest absolute Gasteiger partial charge is 0.444 e. The number of benzene rings is 4. The number of hydrogen-bond donors (Lipinski definition) is 2. The highest BCUT2D eigenvalue weighted by Crippen LogP contribution is 2.44. The molecule has 5 aliphatic heterocycles. The van der Waals surface area contributed by atoms with E-state index in [1.807, 2.05) is 45.9 Å². The van der Waals surface area contributed by atoms with Crippen LogP contribution in [-0.4, -0.2) is 187 Å². The fourth-order valence-corrected chi connectivity index (χ4v) is 13.2. The number of rotatable bonds is 19. The summed E-state index contributed by atoms with van der Waals surface area (Å²) in [6.07, 6.45) is -0.511. The Hall–Kier alpha value is -7.73. The number of Topliss-reactive ketones (excluding diaryl/α,β-unsaturated/α-hetero) is 2. The molecule has 0 bridgehead atoms. The summed E-state index contributed by atoms with van der Waals surface area (Å²) in [7, 11) is 1.43. The van der Waals surface area contributed by atoms with Crippen LogP contribution in [0.1, 0.15) is 128 Å². The zero-order chi connectivity index (χ0) is 67.4. The van der Waals surface area contributed by atoms with Crippen LogP contribution in [0, 0.1) is 29.3 Å². The van der Waals surface area contributed by atoms with E-state index in [9.17, 15) is 33.2 Å². The second-order valence-electron chi connectivity index (χ2n) is 27.8. The van der Waals surface area contributed by atoms with Crippen molar-refractivity contribution in [2.45, 2.75) is 155 Å². The Morgan fingerprint density at radius 2 is 1.44 bits per heavy atom. The molecule has 5 aliphatic rings. The highest BCUT2D eigenvalue weighted by Gasteiger charge is 2.49. The predicted molar refractivity (Wildman–Crippen MR) is 342 cm³/mol. The Kier molecular flexibility index (Phi) is 21.6. The summed E-state index contributed by atoms with van der Waals surface area (Å²) in [5.41, 5.74) is 0.206. The Bertz CT molecular complexity index is 3440. The van der Waals surface area contributed by atoms with Gasteiger partial charge >= 0.3 is 12.2 Å². The van der Waals surface area contributed by atoms with Gasteiger partial charge in [0, 0.05) is 102 Å². The van der Waals surface area contributed by atoms with Gasteiger partial charge in [-0.3, -0.25) is 38.6 Å². The molecule has 6 amide bonds. The maximum absolute atomic E-state index is 15.3. The van der Waals surface area contributed by atoms with Gasteiger partial charge in [-0.25, -0.2) is 22.8 Å². The molecule has 9 rings (SSSR count). The third-order valence-electron chi connectivity index (χ3n) is 18.5. The minimum Gasteiger partial charge on any atom is -0.444 e. The van der Waals surface area contributed by atoms with Crippen molar-refractivity contribution >= 4 is 58.8 Å². The monoisotopic (exact) mass is 1290 g/mol. The van der Waals surface area contributed by atoms with E-state index in [0.29, 0.717) is 94.2 Å². The number of halogens is 3. The van der Waals surface area contributed by atoms with Crippen molar-refractivity contribution in [1.82, 2.24) is 29.8 Å². The molecule has 0 spiro atoms. The van der Waals surface area contributed by atoms with Gasteiger partial charge in [0.1, 0.15) is 40.4 Å². The van der Waals surface area contributed by atoms with E-state index in [-0.39, 0.29) is 73.8 Å². The Labute approximate surface area is 542 Å². The molecule has 0 radical (unpaired) electrons. The predicted octanol–water partition coefficient (Wildman–Crippen LogP) is 8.54. The Morgan fingerprint density at radius 1 is 0.774 bits per heavy atom. The van der Waals surface area contributed by atoms with E-state index in [2.05, 4.69) is 27.4 Å². The Balaban J connectivity index is 0.947. The van der Waals surface area contributed by atoms with Crippen LogP contribution in [0.2, 0.25) is 0 Å². The fraction of sp³-hybridized carbons (Fsp3) is 0.543. The number of amides is 6. The van der Waals surface area contributed by atoms with E-state index < -0.39 is 100.0 Å². The van der Waals surface area contributed by atoms with E-state index in [0.717, 1.165) is 29.3 Å². The van der Waals surface area contributed by atoms with Crippen LogP contribution in [0.4, 0.5) is 34.1 Å². The van der Waals surface area contributed by atoms with Gasteiger partial charge in [0.15, 0.2) is 11.6 Å². The standard InChI is InChI=1S/C70H89F3N8O12/c1-42-35-78(51(37-77-25-28-91-40-43(77)2)38-79(42)67(89)93-69(7,8)9)39-60(84)81-41-70(10,55-22-18-46(32-58(55)81)29-45-16-20-50(71)21-17-45)65(87)74-34-52(82)30-47-15-19-49-36-80(62(53(49)31-47)63(85)75-61-56(72)13-12-14-57(61)73)64(86)54(48-23-26-90-27-24-48)33-59(83)44(3)76(11)66(88)92-68(4,5)6/h12-22,31-32,42-44,48,51,54,62H,23-30,33-41H2,1-11H3,(H,74,87)(H,75,85)/t42-,43-,44+,51+,54+,62+,70?/m1/s1. The molecular weight excluding hydrogens is 1200 g/mol. The summed E-state index contributed by atoms with van der Waals surface area (Å²) in [6.45, 7) is 20.7. The van der Waals surface area contributed by atoms with Crippen LogP contribution in [-0.2, 0) is 72.5 Å². The Morgan fingerprint density at radius 3 is 2.11 bits per heavy atom. The average Bonchev–Trinajstić information content (AvgIpc) is 1.61. The zero-order valence-corrected chi connectivity index (χ0v) is 55.3. The zero-order valence-electron chi connectivity index (χ0n) is 55.3. The molecule has 4 aromatic carbocycles. The maximum Gasteiger partial charge on any atom is 0.410 e. The lowest BCUT2D eigenvalue weighted by Crippen LogP contribution is -2.64. The van der Waals surface area contributed by atoms with Crippen molar-refractivity contribution in [1.29, 1.82) is 0 Å². The number of nitrogens with zero attached hydrogens (tertiary/aromatic N) is 6. The molecule has 23 heteroatoms. The van der Waals surface area contributed by atoms with Gasteiger partial charge in [-0.2, -0.15) is 0 Å². The number of fused-ring (bicyclic) bond motifs is 2. The molecule has 3 fully saturated rings. The number of piperazine rings is 1. The third kappa shape index (κ3) is 16.6. The molecule has 4 aromatic rings. The number of ether oxygens (including phenoxy) is 4. The van der Waals surface area contributed by atoms with Crippen LogP contribution in [0.25, 0.3) is 0 Å². The first kappa shape index (κ1) is 69.6. The van der Waals surface area contributed by atoms with Gasteiger partial charge in [-0.1, -0.05) is 48.5 Å². The number of carbonyl (C=O) groups is 8. The van der Waals surface area contributed by atoms with Crippen molar-refractivity contribution < 1.29 is 70.5 Å². The smallest absolute Gasteiger partial charge is 0.410 e. The summed E-state index contributed by atoms with van der Waals surface area (Å²) in [4.78, 5) is 125. The summed E-state index contributed by atoms with van der Waals surface area (Å²) < 4.78 is 67.3. The van der Waals surface area contributed by atoms with Gasteiger partial charge < -0.3 is 49.2 Å². The molecule has 7 atom stereocenters. The SMILES string of the molecule is C[C@@H]1COCCN1C[C@H]1CN(C(=O)OC(C)(C)C)[C@H](C)CN1CC(=O)N1CC(C)(C(=O)NCC(=O)Cc2ccc3c(c2)[C@@H](C(=O)Nc2c(F)cccc2F)N(C(=O)[C@@H](CC(=O)[C@H](C)N(C)C(=O)OC(C)(C)C)C2CCOCC2)C3)c2ccc(Cc3ccc(F)cc3)cc21. The normalized spacial score (nSPS) is 21.9. The van der Waals surface area contributed by atoms with Crippen molar-refractivity contribution in [2.75, 3.05) is 89.5 Å². The first-order valence-corrected chi connectivity index (χ1v) is 32.1. The van der Waals surface area contributed by atoms with Crippen LogP contribution in [0.15, 0.2) is 78.9 Å². The van der Waals surface area contributed by atoms with Crippen LogP contribution in [0.5, 0.6) is 0 Å². The lowest BCUT2D eigenvalue weighted by Gasteiger charge is -2.47. The summed E-state index contributed by atoms with van der Waals surface area (Å²) in [6, 6.07) is 16.7. The van der Waals surface area contributed by atoms with E-state index in [4.69, 9.17) is 18.9 Å². The number of ketones is 2. The van der Waals surface area contributed by atoms with E-state index >= 15 is 18.4 Å². The van der Waals surface area contributed by atoms with Gasteiger partial charge in [0.2, 0.25) is 17.7 Å². The lowest BCUT2D eigenvalue weighted by atomic mass is 9.80. The number of para-hydroxylation sites is 1. The number of likely N-dealkylation sites (N-methyl/N-ethyl adjacent to an activating group) is 1. The van der Waals surface area contributed by atoms with Crippen molar-refractivity contribution in [3.05, 3.63) is 130 Å². The number of morpholine rings is 1. The van der Waals surface area contributed by atoms with E-state index in [1.165, 1.54) is 29.0 Å². The van der Waals surface area contributed by atoms with Crippen molar-refractivity contribution in [2.24, 2.45) is 11.8 Å². The maximum atomic E-state index is 15.3. The van der Waals surface area contributed by atoms with Gasteiger partial charge in [0.05, 0.1) is 37.8 Å². The van der Waals surface area contributed by atoms with E-state index in [1.54, 1.807) is 74.8 Å². The first-order chi connectivity index (χ1) is 43.9.